The van der Waals surface area contributed by atoms with Crippen molar-refractivity contribution in [1.29, 1.82) is 0 Å². The molecular formula is C36H54O8Si. The highest BCUT2D eigenvalue weighted by molar-refractivity contribution is 6.74. The molecule has 0 radical (unpaired) electrons. The van der Waals surface area contributed by atoms with Crippen LogP contribution >= 0.6 is 0 Å². The first-order valence-electron chi connectivity index (χ1n) is 15.8. The molecule has 250 valence electrons. The van der Waals surface area contributed by atoms with Crippen molar-refractivity contribution in [2.75, 3.05) is 33.5 Å². The maximum Gasteiger partial charge on any atom is 0.250 e. The summed E-state index contributed by atoms with van der Waals surface area (Å²) in [5.74, 6) is 9.00. The van der Waals surface area contributed by atoms with Gasteiger partial charge in [-0.2, -0.15) is 0 Å². The van der Waals surface area contributed by atoms with Gasteiger partial charge in [0.25, 0.3) is 8.32 Å². The molecule has 0 N–H and O–H groups in total. The van der Waals surface area contributed by atoms with Crippen molar-refractivity contribution in [2.24, 2.45) is 0 Å². The fraction of sp³-hybridized carbons (Fsp3) is 0.556. The van der Waals surface area contributed by atoms with Crippen LogP contribution in [0.25, 0.3) is 6.08 Å². The minimum absolute atomic E-state index is 0.0461. The van der Waals surface area contributed by atoms with Crippen LogP contribution < -0.4 is 18.6 Å². The van der Waals surface area contributed by atoms with Gasteiger partial charge in [-0.1, -0.05) is 44.8 Å². The summed E-state index contributed by atoms with van der Waals surface area (Å²) < 4.78 is 47.2. The van der Waals surface area contributed by atoms with Crippen LogP contribution in [0.3, 0.4) is 0 Å². The van der Waals surface area contributed by atoms with Gasteiger partial charge < -0.3 is 37.6 Å². The van der Waals surface area contributed by atoms with Gasteiger partial charge in [-0.15, -0.1) is 0 Å². The molecule has 3 unspecified atom stereocenters. The molecule has 0 amide bonds. The largest absolute Gasteiger partial charge is 0.540 e. The van der Waals surface area contributed by atoms with E-state index in [4.69, 9.17) is 37.6 Å². The number of rotatable bonds is 17. The molecule has 0 saturated carbocycles. The van der Waals surface area contributed by atoms with Gasteiger partial charge in [0.2, 0.25) is 0 Å². The molecule has 2 aromatic carbocycles. The zero-order chi connectivity index (χ0) is 33.6. The van der Waals surface area contributed by atoms with Gasteiger partial charge >= 0.3 is 0 Å². The lowest BCUT2D eigenvalue weighted by molar-refractivity contribution is -0.118. The molecule has 0 aliphatic carbocycles. The van der Waals surface area contributed by atoms with E-state index in [1.165, 1.54) is 0 Å². The van der Waals surface area contributed by atoms with Crippen LogP contribution in [0.2, 0.25) is 18.1 Å². The molecule has 8 nitrogen and oxygen atoms in total. The lowest BCUT2D eigenvalue weighted by Crippen LogP contribution is -2.44. The Morgan fingerprint density at radius 1 is 0.756 bits per heavy atom. The minimum Gasteiger partial charge on any atom is -0.540 e. The molecule has 9 heteroatoms. The van der Waals surface area contributed by atoms with Gasteiger partial charge in [0.05, 0.1) is 19.3 Å². The quantitative estimate of drug-likeness (QED) is 0.0968. The maximum atomic E-state index is 6.90. The Bertz CT molecular complexity index is 1290. The predicted octanol–water partition coefficient (Wildman–Crippen LogP) is 8.41. The van der Waals surface area contributed by atoms with Crippen LogP contribution in [0.15, 0.2) is 36.4 Å². The monoisotopic (exact) mass is 642 g/mol. The topological polar surface area (TPSA) is 73.8 Å². The van der Waals surface area contributed by atoms with Gasteiger partial charge in [0.15, 0.2) is 41.9 Å². The van der Waals surface area contributed by atoms with Crippen LogP contribution in [0.5, 0.6) is 23.0 Å². The number of hydrogen-bond donors (Lipinski definition) is 0. The Morgan fingerprint density at radius 3 is 1.93 bits per heavy atom. The van der Waals surface area contributed by atoms with Gasteiger partial charge in [-0.25, -0.2) is 0 Å². The van der Waals surface area contributed by atoms with E-state index in [9.17, 15) is 0 Å². The Kier molecular flexibility index (Phi) is 15.5. The number of hydrogen-bond acceptors (Lipinski definition) is 8. The molecule has 0 bridgehead atoms. The summed E-state index contributed by atoms with van der Waals surface area (Å²) in [7, 11) is -0.684. The molecule has 2 aromatic rings. The average molecular weight is 643 g/mol. The second-order valence-electron chi connectivity index (χ2n) is 11.9. The second kappa shape index (κ2) is 18.2. The summed E-state index contributed by atoms with van der Waals surface area (Å²) in [6, 6.07) is 9.55. The summed E-state index contributed by atoms with van der Waals surface area (Å²) in [6.07, 6.45) is 2.75. The van der Waals surface area contributed by atoms with E-state index in [1.54, 1.807) is 7.11 Å². The SMILES string of the molecule is CCOC(C)OC/C=C/c1cc(C#Cc2ccc(OC(C)OCC)c(OC)c2)c(O[Si](C)(C)C(C)(C)C)c(OC(C)OCC)c1. The summed E-state index contributed by atoms with van der Waals surface area (Å²) >= 11 is 0. The molecule has 0 aliphatic heterocycles. The number of methoxy groups -OCH3 is 1. The van der Waals surface area contributed by atoms with E-state index in [0.29, 0.717) is 55.0 Å². The third-order valence-corrected chi connectivity index (χ3v) is 11.6. The molecular weight excluding hydrogens is 588 g/mol. The Hall–Kier alpha value is -3.00. The Labute approximate surface area is 272 Å². The standard InChI is InChI=1S/C36H54O8Si/c1-13-38-26(4)41-22-16-17-30-23-31(20-18-29-19-21-32(33(24-29)37-10)42-27(5)39-14-2)35(44-45(11,12)36(7,8)9)34(25-30)43-28(6)40-15-3/h16-17,19,21,23-28H,13-15,22H2,1-12H3/b17-16+. The summed E-state index contributed by atoms with van der Waals surface area (Å²) in [5, 5.41) is -0.0461. The van der Waals surface area contributed by atoms with Gasteiger partial charge in [-0.05, 0) is 95.6 Å². The molecule has 0 aromatic heterocycles. The Morgan fingerprint density at radius 2 is 1.36 bits per heavy atom. The highest BCUT2D eigenvalue weighted by Crippen LogP contribution is 2.42. The lowest BCUT2D eigenvalue weighted by Gasteiger charge is -2.37. The van der Waals surface area contributed by atoms with Gasteiger partial charge in [-0.3, -0.25) is 0 Å². The van der Waals surface area contributed by atoms with E-state index in [1.807, 2.05) is 84.0 Å². The van der Waals surface area contributed by atoms with E-state index >= 15 is 0 Å². The van der Waals surface area contributed by atoms with Crippen molar-refractivity contribution in [3.8, 4) is 34.8 Å². The van der Waals surface area contributed by atoms with Crippen molar-refractivity contribution in [3.05, 3.63) is 53.1 Å². The molecule has 0 heterocycles. The van der Waals surface area contributed by atoms with E-state index < -0.39 is 20.9 Å². The average Bonchev–Trinajstić information content (AvgIpc) is 2.96. The first-order valence-corrected chi connectivity index (χ1v) is 18.7. The molecule has 2 rings (SSSR count). The van der Waals surface area contributed by atoms with Crippen LogP contribution in [0.1, 0.15) is 79.0 Å². The number of ether oxygens (including phenoxy) is 7. The molecule has 0 fully saturated rings. The van der Waals surface area contributed by atoms with Crippen molar-refractivity contribution in [2.45, 2.75) is 99.3 Å². The van der Waals surface area contributed by atoms with E-state index in [0.717, 1.165) is 11.1 Å². The van der Waals surface area contributed by atoms with E-state index in [-0.39, 0.29) is 11.3 Å². The first-order chi connectivity index (χ1) is 21.2. The highest BCUT2D eigenvalue weighted by atomic mass is 28.4. The summed E-state index contributed by atoms with van der Waals surface area (Å²) in [6.45, 7) is 24.5. The van der Waals surface area contributed by atoms with Crippen molar-refractivity contribution >= 4 is 14.4 Å². The third-order valence-electron chi connectivity index (χ3n) is 7.27. The van der Waals surface area contributed by atoms with Crippen molar-refractivity contribution in [3.63, 3.8) is 0 Å². The zero-order valence-electron chi connectivity index (χ0n) is 29.4. The van der Waals surface area contributed by atoms with Crippen LogP contribution in [0.4, 0.5) is 0 Å². The lowest BCUT2D eigenvalue weighted by atomic mass is 10.1. The predicted molar refractivity (Wildman–Crippen MR) is 183 cm³/mol. The third kappa shape index (κ3) is 12.4. The molecule has 0 aliphatic rings. The highest BCUT2D eigenvalue weighted by Gasteiger charge is 2.40. The maximum absolute atomic E-state index is 6.90. The fourth-order valence-electron chi connectivity index (χ4n) is 3.95. The van der Waals surface area contributed by atoms with Crippen molar-refractivity contribution in [1.82, 2.24) is 0 Å². The van der Waals surface area contributed by atoms with Gasteiger partial charge in [0.1, 0.15) is 0 Å². The fourth-order valence-corrected chi connectivity index (χ4v) is 4.98. The summed E-state index contributed by atoms with van der Waals surface area (Å²) in [4.78, 5) is 0. The normalized spacial score (nSPS) is 14.0. The molecule has 3 atom stereocenters. The van der Waals surface area contributed by atoms with Crippen LogP contribution in [0, 0.1) is 11.8 Å². The van der Waals surface area contributed by atoms with Crippen molar-refractivity contribution < 1.29 is 37.6 Å². The molecule has 0 spiro atoms. The van der Waals surface area contributed by atoms with E-state index in [2.05, 4.69) is 45.7 Å². The molecule has 45 heavy (non-hydrogen) atoms. The second-order valence-corrected chi connectivity index (χ2v) is 16.6. The smallest absolute Gasteiger partial charge is 0.250 e. The van der Waals surface area contributed by atoms with Crippen LogP contribution in [-0.2, 0) is 18.9 Å². The minimum atomic E-state index is -2.29. The van der Waals surface area contributed by atoms with Crippen LogP contribution in [-0.4, -0.2) is 60.7 Å². The zero-order valence-corrected chi connectivity index (χ0v) is 30.4. The first kappa shape index (κ1) is 38.2. The molecule has 0 saturated heterocycles. The Balaban J connectivity index is 2.64. The number of benzene rings is 2. The van der Waals surface area contributed by atoms with Gasteiger partial charge in [0, 0.05) is 25.4 Å². The summed E-state index contributed by atoms with van der Waals surface area (Å²) in [5.41, 5.74) is 2.35.